The van der Waals surface area contributed by atoms with Gasteiger partial charge < -0.3 is 4.74 Å². The molecule has 1 rings (SSSR count). The largest absolute Gasteiger partial charge is 0.356 e. The van der Waals surface area contributed by atoms with Crippen molar-refractivity contribution in [3.63, 3.8) is 0 Å². The van der Waals surface area contributed by atoms with Gasteiger partial charge >= 0.3 is 0 Å². The van der Waals surface area contributed by atoms with Crippen LogP contribution >= 0.6 is 0 Å². The normalized spacial score (nSPS) is 12.1. The van der Waals surface area contributed by atoms with Gasteiger partial charge in [-0.2, -0.15) is 0 Å². The van der Waals surface area contributed by atoms with Crippen LogP contribution in [0.1, 0.15) is 17.3 Å². The number of para-hydroxylation sites is 1. The predicted octanol–water partition coefficient (Wildman–Crippen LogP) is 1.10. The Bertz CT molecular complexity index is 406. The monoisotopic (exact) mass is 224 g/mol. The zero-order valence-electron chi connectivity index (χ0n) is 8.75. The molecule has 0 aliphatic rings. The Kier molecular flexibility index (Phi) is 4.10. The van der Waals surface area contributed by atoms with Gasteiger partial charge in [-0.05, 0) is 13.0 Å². The van der Waals surface area contributed by atoms with Gasteiger partial charge in [0.2, 0.25) is 5.78 Å². The summed E-state index contributed by atoms with van der Waals surface area (Å²) < 4.78 is 4.90. The van der Waals surface area contributed by atoms with Crippen molar-refractivity contribution < 1.29 is 14.5 Å². The molecule has 1 unspecified atom stereocenters. The molecule has 0 aromatic heterocycles. The molecular formula is C10H12N2O4. The lowest BCUT2D eigenvalue weighted by molar-refractivity contribution is -0.385. The van der Waals surface area contributed by atoms with Gasteiger partial charge in [-0.15, -0.1) is 0 Å². The average molecular weight is 224 g/mol. The highest BCUT2D eigenvalue weighted by atomic mass is 16.6. The maximum atomic E-state index is 11.7. The highest BCUT2D eigenvalue weighted by Gasteiger charge is 2.24. The lowest BCUT2D eigenvalue weighted by Crippen LogP contribution is -2.33. The molecule has 0 heterocycles. The molecule has 0 amide bonds. The van der Waals surface area contributed by atoms with E-state index in [1.54, 1.807) is 13.0 Å². The van der Waals surface area contributed by atoms with Gasteiger partial charge in [-0.1, -0.05) is 12.1 Å². The Morgan fingerprint density at radius 2 is 2.19 bits per heavy atom. The molecule has 2 N–H and O–H groups in total. The number of rotatable bonds is 5. The Morgan fingerprint density at radius 3 is 2.75 bits per heavy atom. The number of nitrogens with two attached hydrogens (primary N) is 1. The van der Waals surface area contributed by atoms with E-state index in [1.165, 1.54) is 18.2 Å². The summed E-state index contributed by atoms with van der Waals surface area (Å²) in [6, 6.07) is 5.64. The first-order valence-electron chi connectivity index (χ1n) is 4.72. The van der Waals surface area contributed by atoms with Crippen LogP contribution in [0.15, 0.2) is 24.3 Å². The molecule has 86 valence electrons. The molecule has 0 saturated heterocycles. The third-order valence-corrected chi connectivity index (χ3v) is 1.97. The standard InChI is InChI=1S/C10H12N2O4/c1-2-16-10(11)9(13)7-5-3-4-6-8(7)12(14)15/h3-6,10H,2,11H2,1H3. The summed E-state index contributed by atoms with van der Waals surface area (Å²) in [7, 11) is 0. The summed E-state index contributed by atoms with van der Waals surface area (Å²) in [5, 5.41) is 10.7. The number of hydrogen-bond donors (Lipinski definition) is 1. The van der Waals surface area contributed by atoms with E-state index in [9.17, 15) is 14.9 Å². The molecule has 0 spiro atoms. The predicted molar refractivity (Wildman–Crippen MR) is 57.0 cm³/mol. The van der Waals surface area contributed by atoms with Crippen LogP contribution in [0.4, 0.5) is 5.69 Å². The number of Topliss-reactive ketones (excluding diaryl/α,β-unsaturated/α-hetero) is 1. The van der Waals surface area contributed by atoms with Gasteiger partial charge in [-0.25, -0.2) is 0 Å². The summed E-state index contributed by atoms with van der Waals surface area (Å²) in [6.07, 6.45) is -1.16. The van der Waals surface area contributed by atoms with E-state index >= 15 is 0 Å². The van der Waals surface area contributed by atoms with E-state index in [4.69, 9.17) is 10.5 Å². The van der Waals surface area contributed by atoms with Crippen molar-refractivity contribution in [3.8, 4) is 0 Å². The molecule has 6 nitrogen and oxygen atoms in total. The Morgan fingerprint density at radius 1 is 1.56 bits per heavy atom. The number of benzene rings is 1. The molecule has 0 fully saturated rings. The van der Waals surface area contributed by atoms with Crippen LogP contribution in [0.25, 0.3) is 0 Å². The number of ether oxygens (including phenoxy) is 1. The van der Waals surface area contributed by atoms with Crippen molar-refractivity contribution in [1.29, 1.82) is 0 Å². The first-order chi connectivity index (χ1) is 7.57. The molecule has 0 radical (unpaired) electrons. The van der Waals surface area contributed by atoms with Gasteiger partial charge in [-0.3, -0.25) is 20.6 Å². The lowest BCUT2D eigenvalue weighted by atomic mass is 10.1. The van der Waals surface area contributed by atoms with E-state index in [0.29, 0.717) is 0 Å². The molecule has 0 aliphatic heterocycles. The number of hydrogen-bond acceptors (Lipinski definition) is 5. The van der Waals surface area contributed by atoms with Crippen LogP contribution < -0.4 is 5.73 Å². The summed E-state index contributed by atoms with van der Waals surface area (Å²) in [5.41, 5.74) is 5.14. The Balaban J connectivity index is 3.03. The number of ketones is 1. The zero-order chi connectivity index (χ0) is 12.1. The minimum atomic E-state index is -1.16. The molecule has 1 atom stereocenters. The quantitative estimate of drug-likeness (QED) is 0.349. The Labute approximate surface area is 92.2 Å². The molecule has 1 aromatic rings. The van der Waals surface area contributed by atoms with Crippen LogP contribution in [-0.2, 0) is 4.74 Å². The molecular weight excluding hydrogens is 212 g/mol. The highest BCUT2D eigenvalue weighted by Crippen LogP contribution is 2.19. The van der Waals surface area contributed by atoms with E-state index in [2.05, 4.69) is 0 Å². The van der Waals surface area contributed by atoms with E-state index in [1.807, 2.05) is 0 Å². The maximum absolute atomic E-state index is 11.7. The fraction of sp³-hybridized carbons (Fsp3) is 0.300. The van der Waals surface area contributed by atoms with Crippen LogP contribution in [0.2, 0.25) is 0 Å². The third-order valence-electron chi connectivity index (χ3n) is 1.97. The molecule has 0 aliphatic carbocycles. The van der Waals surface area contributed by atoms with Gasteiger partial charge in [0.1, 0.15) is 0 Å². The number of nitrogens with zero attached hydrogens (tertiary/aromatic N) is 1. The second kappa shape index (κ2) is 5.34. The SMILES string of the molecule is CCOC(N)C(=O)c1ccccc1[N+](=O)[O-]. The third kappa shape index (κ3) is 2.62. The average Bonchev–Trinajstić information content (AvgIpc) is 2.28. The summed E-state index contributed by atoms with van der Waals surface area (Å²) in [5.74, 6) is -0.589. The highest BCUT2D eigenvalue weighted by molar-refractivity contribution is 6.02. The molecule has 0 bridgehead atoms. The van der Waals surface area contributed by atoms with Gasteiger partial charge in [0.15, 0.2) is 6.23 Å². The van der Waals surface area contributed by atoms with Crippen molar-refractivity contribution in [3.05, 3.63) is 39.9 Å². The minimum absolute atomic E-state index is 0.0338. The van der Waals surface area contributed by atoms with Crippen LogP contribution in [0, 0.1) is 10.1 Å². The van der Waals surface area contributed by atoms with Crippen molar-refractivity contribution >= 4 is 11.5 Å². The first-order valence-corrected chi connectivity index (χ1v) is 4.72. The van der Waals surface area contributed by atoms with Crippen molar-refractivity contribution in [1.82, 2.24) is 0 Å². The van der Waals surface area contributed by atoms with Crippen LogP contribution in [0.5, 0.6) is 0 Å². The Hall–Kier alpha value is -1.79. The van der Waals surface area contributed by atoms with E-state index in [0.717, 1.165) is 0 Å². The first kappa shape index (κ1) is 12.3. The van der Waals surface area contributed by atoms with Gasteiger partial charge in [0.25, 0.3) is 5.69 Å². The van der Waals surface area contributed by atoms with Crippen molar-refractivity contribution in [2.45, 2.75) is 13.2 Å². The molecule has 0 saturated carbocycles. The zero-order valence-corrected chi connectivity index (χ0v) is 8.75. The van der Waals surface area contributed by atoms with E-state index in [-0.39, 0.29) is 17.9 Å². The topological polar surface area (TPSA) is 95.5 Å². The van der Waals surface area contributed by atoms with Gasteiger partial charge in [0, 0.05) is 12.7 Å². The molecule has 6 heteroatoms. The maximum Gasteiger partial charge on any atom is 0.280 e. The summed E-state index contributed by atoms with van der Waals surface area (Å²) >= 11 is 0. The van der Waals surface area contributed by atoms with E-state index < -0.39 is 16.9 Å². The van der Waals surface area contributed by atoms with Crippen LogP contribution in [-0.4, -0.2) is 23.5 Å². The summed E-state index contributed by atoms with van der Waals surface area (Å²) in [6.45, 7) is 1.96. The number of carbonyl (C=O) groups excluding carboxylic acids is 1. The minimum Gasteiger partial charge on any atom is -0.356 e. The van der Waals surface area contributed by atoms with Crippen molar-refractivity contribution in [2.75, 3.05) is 6.61 Å². The second-order valence-corrected chi connectivity index (χ2v) is 3.01. The lowest BCUT2D eigenvalue weighted by Gasteiger charge is -2.10. The molecule has 1 aromatic carbocycles. The fourth-order valence-electron chi connectivity index (χ4n) is 1.25. The van der Waals surface area contributed by atoms with Crippen LogP contribution in [0.3, 0.4) is 0 Å². The summed E-state index contributed by atoms with van der Waals surface area (Å²) in [4.78, 5) is 21.8. The number of nitro groups is 1. The fourth-order valence-corrected chi connectivity index (χ4v) is 1.25. The number of carbonyl (C=O) groups is 1. The molecule has 16 heavy (non-hydrogen) atoms. The van der Waals surface area contributed by atoms with Gasteiger partial charge in [0.05, 0.1) is 10.5 Å². The smallest absolute Gasteiger partial charge is 0.280 e. The number of nitro benzene ring substituents is 1. The van der Waals surface area contributed by atoms with Crippen molar-refractivity contribution in [2.24, 2.45) is 5.73 Å². The second-order valence-electron chi connectivity index (χ2n) is 3.01.